The van der Waals surface area contributed by atoms with Crippen LogP contribution in [-0.2, 0) is 20.4 Å². The second-order valence-electron chi connectivity index (χ2n) is 6.27. The minimum absolute atomic E-state index is 0.158. The fraction of sp³-hybridized carbons (Fsp3) is 0.444. The third-order valence-electron chi connectivity index (χ3n) is 5.03. The van der Waals surface area contributed by atoms with Crippen molar-refractivity contribution in [2.24, 2.45) is 0 Å². The van der Waals surface area contributed by atoms with Crippen LogP contribution in [0, 0.1) is 13.8 Å². The Bertz CT molecular complexity index is 583. The van der Waals surface area contributed by atoms with Gasteiger partial charge in [-0.25, -0.2) is 0 Å². The summed E-state index contributed by atoms with van der Waals surface area (Å²) in [5.74, 6) is 0. The van der Waals surface area contributed by atoms with Crippen molar-refractivity contribution in [3.63, 3.8) is 0 Å². The van der Waals surface area contributed by atoms with E-state index in [0.29, 0.717) is 0 Å². The quantitative estimate of drug-likeness (QED) is 0.747. The van der Waals surface area contributed by atoms with Crippen LogP contribution in [0.3, 0.4) is 0 Å². The molecule has 0 bridgehead atoms. The molecule has 1 aromatic rings. The molecule has 0 amide bonds. The van der Waals surface area contributed by atoms with Crippen LogP contribution in [0.5, 0.6) is 0 Å². The molecule has 0 saturated heterocycles. The molecule has 2 heteroatoms. The molecule has 0 nitrogen and oxygen atoms in total. The first-order chi connectivity index (χ1) is 9.66. The van der Waals surface area contributed by atoms with Gasteiger partial charge in [0, 0.05) is 0 Å². The molecule has 0 saturated carbocycles. The molecule has 0 aromatic heterocycles. The number of allylic oxidation sites excluding steroid dienone is 4. The van der Waals surface area contributed by atoms with E-state index >= 15 is 0 Å². The zero-order valence-electron chi connectivity index (χ0n) is 12.6. The predicted octanol–water partition coefficient (Wildman–Crippen LogP) is 3.66. The molecule has 2 aliphatic rings. The monoisotopic (exact) mass is 315 g/mol. The Kier molecular flexibility index (Phi) is 4.49. The van der Waals surface area contributed by atoms with Gasteiger partial charge in [0.05, 0.1) is 0 Å². The Morgan fingerprint density at radius 1 is 1.20 bits per heavy atom. The molecule has 0 spiro atoms. The van der Waals surface area contributed by atoms with Gasteiger partial charge in [0.1, 0.15) is 0 Å². The normalized spacial score (nSPS) is 22.4. The molecule has 0 fully saturated rings. The number of hydrogen-bond donors (Lipinski definition) is 0. The Morgan fingerprint density at radius 2 is 2.00 bits per heavy atom. The van der Waals surface area contributed by atoms with Gasteiger partial charge in [-0.2, -0.15) is 0 Å². The van der Waals surface area contributed by atoms with Gasteiger partial charge in [0.15, 0.2) is 0 Å². The van der Waals surface area contributed by atoms with Gasteiger partial charge in [0.2, 0.25) is 0 Å². The van der Waals surface area contributed by atoms with E-state index in [2.05, 4.69) is 58.6 Å². The molecule has 0 heterocycles. The molecule has 0 aliphatic heterocycles. The fourth-order valence-electron chi connectivity index (χ4n) is 3.56. The van der Waals surface area contributed by atoms with Crippen molar-refractivity contribution in [3.05, 3.63) is 52.1 Å². The molecule has 0 N–H and O–H groups in total. The van der Waals surface area contributed by atoms with Crippen molar-refractivity contribution in [1.82, 2.24) is 0 Å². The van der Waals surface area contributed by atoms with Crippen LogP contribution in [0.25, 0.3) is 0 Å². The van der Waals surface area contributed by atoms with E-state index in [1.54, 1.807) is 27.5 Å². The first-order valence-corrected chi connectivity index (χ1v) is 10.5. The molecule has 2 aliphatic carbocycles. The molecule has 0 radical (unpaired) electrons. The van der Waals surface area contributed by atoms with Crippen LogP contribution >= 0.6 is 0 Å². The summed E-state index contributed by atoms with van der Waals surface area (Å²) >= 11 is 2.44. The molecular weight excluding hydrogens is 292 g/mol. The molecule has 103 valence electrons. The number of benzene rings is 1. The summed E-state index contributed by atoms with van der Waals surface area (Å²) in [5.41, 5.74) is 8.23. The summed E-state index contributed by atoms with van der Waals surface area (Å²) < 4.78 is 0.753. The summed E-state index contributed by atoms with van der Waals surface area (Å²) in [6, 6.07) is 8.21. The third kappa shape index (κ3) is 2.81. The van der Waals surface area contributed by atoms with Crippen molar-refractivity contribution in [1.29, 1.82) is 0 Å². The van der Waals surface area contributed by atoms with Crippen molar-refractivity contribution in [3.8, 4) is 0 Å². The fourth-order valence-corrected chi connectivity index (χ4v) is 6.82. The van der Waals surface area contributed by atoms with Gasteiger partial charge in [0.25, 0.3) is 0 Å². The van der Waals surface area contributed by atoms with Crippen molar-refractivity contribution < 1.29 is 20.4 Å². The Hall–Kier alpha value is -0.369. The SMILES string of the molecule is Cc1cccc([SiH2]CC2=CC3=C(CCCC3)[CH]2[Ti])c1C. The minimum atomic E-state index is -0.158. The maximum absolute atomic E-state index is 2.57. The van der Waals surface area contributed by atoms with E-state index in [4.69, 9.17) is 0 Å². The summed E-state index contributed by atoms with van der Waals surface area (Å²) in [7, 11) is -0.158. The van der Waals surface area contributed by atoms with E-state index in [1.165, 1.54) is 37.3 Å². The van der Waals surface area contributed by atoms with E-state index < -0.39 is 0 Å². The van der Waals surface area contributed by atoms with Crippen molar-refractivity contribution in [2.75, 3.05) is 0 Å². The number of aryl methyl sites for hydroxylation is 1. The van der Waals surface area contributed by atoms with Crippen LogP contribution in [0.2, 0.25) is 10.3 Å². The van der Waals surface area contributed by atoms with Crippen LogP contribution in [0.4, 0.5) is 0 Å². The van der Waals surface area contributed by atoms with Gasteiger partial charge < -0.3 is 0 Å². The Labute approximate surface area is 137 Å². The third-order valence-corrected chi connectivity index (χ3v) is 8.29. The molecule has 1 atom stereocenters. The first-order valence-electron chi connectivity index (χ1n) is 7.85. The first kappa shape index (κ1) is 14.6. The van der Waals surface area contributed by atoms with Gasteiger partial charge in [-0.05, 0) is 0 Å². The topological polar surface area (TPSA) is 0 Å². The average molecular weight is 315 g/mol. The summed E-state index contributed by atoms with van der Waals surface area (Å²) in [4.78, 5) is 0. The summed E-state index contributed by atoms with van der Waals surface area (Å²) in [6.07, 6.45) is 8.09. The van der Waals surface area contributed by atoms with Crippen LogP contribution in [-0.4, -0.2) is 9.52 Å². The van der Waals surface area contributed by atoms with E-state index in [9.17, 15) is 0 Å². The molecular formula is C18H23SiTi. The van der Waals surface area contributed by atoms with E-state index in [1.807, 2.05) is 0 Å². The van der Waals surface area contributed by atoms with Crippen molar-refractivity contribution in [2.45, 2.75) is 49.8 Å². The number of rotatable bonds is 3. The van der Waals surface area contributed by atoms with Crippen molar-refractivity contribution >= 4 is 14.7 Å². The van der Waals surface area contributed by atoms with Gasteiger partial charge in [-0.15, -0.1) is 0 Å². The Morgan fingerprint density at radius 3 is 2.80 bits per heavy atom. The standard InChI is InChI=1S/C18H23Si.Ti/c1-13-6-5-9-18(14(13)2)19-12-15-10-16-7-3-4-8-17(16)11-15;/h5-6,9-11H,3-4,7-8,12,19H2,1-2H3;. The van der Waals surface area contributed by atoms with Crippen LogP contribution < -0.4 is 5.19 Å². The number of hydrogen-bond acceptors (Lipinski definition) is 0. The van der Waals surface area contributed by atoms with Gasteiger partial charge in [-0.1, -0.05) is 0 Å². The van der Waals surface area contributed by atoms with Gasteiger partial charge in [-0.3, -0.25) is 0 Å². The molecule has 1 aromatic carbocycles. The Balaban J connectivity index is 1.70. The van der Waals surface area contributed by atoms with Gasteiger partial charge >= 0.3 is 137 Å². The predicted molar refractivity (Wildman–Crippen MR) is 86.2 cm³/mol. The zero-order valence-corrected chi connectivity index (χ0v) is 15.6. The molecule has 3 rings (SSSR count). The summed E-state index contributed by atoms with van der Waals surface area (Å²) in [6.45, 7) is 4.54. The maximum atomic E-state index is 2.57. The van der Waals surface area contributed by atoms with Crippen LogP contribution in [0.15, 0.2) is 41.0 Å². The average Bonchev–Trinajstić information content (AvgIpc) is 2.78. The second-order valence-corrected chi connectivity index (χ2v) is 8.93. The van der Waals surface area contributed by atoms with Crippen LogP contribution in [0.1, 0.15) is 36.8 Å². The summed E-state index contributed by atoms with van der Waals surface area (Å²) in [5, 5.41) is 1.67. The molecule has 1 unspecified atom stereocenters. The molecule has 20 heavy (non-hydrogen) atoms. The van der Waals surface area contributed by atoms with E-state index in [0.717, 1.165) is 4.22 Å². The second kappa shape index (κ2) is 6.17. The zero-order chi connectivity index (χ0) is 14.1. The van der Waals surface area contributed by atoms with E-state index in [-0.39, 0.29) is 9.52 Å².